The van der Waals surface area contributed by atoms with Crippen molar-refractivity contribution in [3.8, 4) is 0 Å². The van der Waals surface area contributed by atoms with Gasteiger partial charge in [-0.25, -0.2) is 0 Å². The predicted octanol–water partition coefficient (Wildman–Crippen LogP) is 4.92. The van der Waals surface area contributed by atoms with Crippen molar-refractivity contribution in [3.63, 3.8) is 0 Å². The normalized spacial score (nSPS) is 11.2. The van der Waals surface area contributed by atoms with Gasteiger partial charge < -0.3 is 0 Å². The topological polar surface area (TPSA) is 0 Å². The first-order valence-electron chi connectivity index (χ1n) is 3.88. The van der Waals surface area contributed by atoms with Crippen LogP contribution in [0.3, 0.4) is 0 Å². The van der Waals surface area contributed by atoms with Crippen LogP contribution in [-0.4, -0.2) is 0 Å². The van der Waals surface area contributed by atoms with Gasteiger partial charge in [0.15, 0.2) is 0 Å². The molecule has 2 heteroatoms. The fraction of sp³-hybridized carbons (Fsp3) is 0.400. The Balaban J connectivity index is 3.81. The van der Waals surface area contributed by atoms with Crippen LogP contribution in [0.2, 0.25) is 0 Å². The molecule has 0 rings (SSSR count). The number of hydrogen-bond acceptors (Lipinski definition) is 0. The quantitative estimate of drug-likeness (QED) is 0.510. The molecule has 0 amide bonds. The van der Waals surface area contributed by atoms with E-state index in [4.69, 9.17) is 0 Å². The zero-order valence-electron chi connectivity index (χ0n) is 7.53. The Kier molecular flexibility index (Phi) is 6.77. The molecule has 0 saturated heterocycles. The maximum atomic E-state index is 3.94. The molecule has 0 fully saturated rings. The first-order valence-corrected chi connectivity index (χ1v) is 5.47. The standard InChI is InChI=1S/C10H14Br2/c1-4-8(2)5-6-9(3)7-10(11)12/h4,7H,3,5-6H2,1-2H3/b8-4-. The molecule has 0 aromatic carbocycles. The lowest BCUT2D eigenvalue weighted by atomic mass is 10.1. The summed E-state index contributed by atoms with van der Waals surface area (Å²) in [5.41, 5.74) is 2.55. The molecule has 0 aliphatic heterocycles. The van der Waals surface area contributed by atoms with Gasteiger partial charge in [0.1, 0.15) is 0 Å². The van der Waals surface area contributed by atoms with E-state index in [0.29, 0.717) is 0 Å². The zero-order valence-corrected chi connectivity index (χ0v) is 10.7. The van der Waals surface area contributed by atoms with Gasteiger partial charge in [0.25, 0.3) is 0 Å². The lowest BCUT2D eigenvalue weighted by Crippen LogP contribution is -1.79. The highest BCUT2D eigenvalue weighted by atomic mass is 79.9. The molecule has 68 valence electrons. The van der Waals surface area contributed by atoms with E-state index in [2.05, 4.69) is 58.4 Å². The number of hydrogen-bond donors (Lipinski definition) is 0. The Labute approximate surface area is 91.7 Å². The number of allylic oxidation sites excluding steroid dienone is 4. The summed E-state index contributed by atoms with van der Waals surface area (Å²) < 4.78 is 0.957. The van der Waals surface area contributed by atoms with Crippen LogP contribution in [0.5, 0.6) is 0 Å². The third-order valence-electron chi connectivity index (χ3n) is 1.65. The van der Waals surface area contributed by atoms with Gasteiger partial charge in [-0.1, -0.05) is 23.8 Å². The second-order valence-electron chi connectivity index (χ2n) is 2.73. The van der Waals surface area contributed by atoms with Gasteiger partial charge in [-0.3, -0.25) is 0 Å². The Morgan fingerprint density at radius 3 is 2.33 bits per heavy atom. The van der Waals surface area contributed by atoms with Gasteiger partial charge in [-0.2, -0.15) is 0 Å². The van der Waals surface area contributed by atoms with Gasteiger partial charge in [0, 0.05) is 0 Å². The SMILES string of the molecule is C=C(C=C(Br)Br)CC/C(C)=C\C. The van der Waals surface area contributed by atoms with Crippen LogP contribution >= 0.6 is 31.9 Å². The molecule has 0 atom stereocenters. The van der Waals surface area contributed by atoms with Crippen LogP contribution in [0.1, 0.15) is 26.7 Å². The summed E-state index contributed by atoms with van der Waals surface area (Å²) in [4.78, 5) is 0. The highest BCUT2D eigenvalue weighted by Gasteiger charge is 1.92. The second kappa shape index (κ2) is 6.67. The second-order valence-corrected chi connectivity index (χ2v) is 5.50. The van der Waals surface area contributed by atoms with E-state index in [1.165, 1.54) is 5.57 Å². The third-order valence-corrected chi connectivity index (χ3v) is 2.10. The molecular weight excluding hydrogens is 280 g/mol. The molecule has 0 heterocycles. The minimum absolute atomic E-state index is 0.957. The molecule has 0 aromatic rings. The van der Waals surface area contributed by atoms with Crippen molar-refractivity contribution in [1.82, 2.24) is 0 Å². The maximum Gasteiger partial charge on any atom is 0.0606 e. The average Bonchev–Trinajstić information content (AvgIpc) is 1.99. The molecule has 0 radical (unpaired) electrons. The summed E-state index contributed by atoms with van der Waals surface area (Å²) in [5, 5.41) is 0. The number of halogens is 2. The largest absolute Gasteiger partial charge is 0.0958 e. The van der Waals surface area contributed by atoms with Crippen LogP contribution in [0.4, 0.5) is 0 Å². The van der Waals surface area contributed by atoms with E-state index in [1.807, 2.05) is 6.08 Å². The summed E-state index contributed by atoms with van der Waals surface area (Å²) in [7, 11) is 0. The highest BCUT2D eigenvalue weighted by molar-refractivity contribution is 9.28. The van der Waals surface area contributed by atoms with Gasteiger partial charge in [0.05, 0.1) is 3.39 Å². The lowest BCUT2D eigenvalue weighted by molar-refractivity contribution is 0.946. The third kappa shape index (κ3) is 6.86. The Bertz CT molecular complexity index is 208. The highest BCUT2D eigenvalue weighted by Crippen LogP contribution is 2.18. The monoisotopic (exact) mass is 292 g/mol. The zero-order chi connectivity index (χ0) is 9.56. The summed E-state index contributed by atoms with van der Waals surface area (Å²) in [6.07, 6.45) is 6.25. The Morgan fingerprint density at radius 2 is 1.92 bits per heavy atom. The first-order chi connectivity index (χ1) is 5.56. The van der Waals surface area contributed by atoms with Gasteiger partial charge >= 0.3 is 0 Å². The van der Waals surface area contributed by atoms with Crippen LogP contribution in [0, 0.1) is 0 Å². The van der Waals surface area contributed by atoms with Gasteiger partial charge in [0.2, 0.25) is 0 Å². The van der Waals surface area contributed by atoms with Crippen molar-refractivity contribution in [1.29, 1.82) is 0 Å². The number of rotatable bonds is 4. The average molecular weight is 294 g/mol. The van der Waals surface area contributed by atoms with Crippen molar-refractivity contribution in [2.45, 2.75) is 26.7 Å². The van der Waals surface area contributed by atoms with Crippen molar-refractivity contribution in [2.24, 2.45) is 0 Å². The van der Waals surface area contributed by atoms with Crippen LogP contribution in [-0.2, 0) is 0 Å². The van der Waals surface area contributed by atoms with Gasteiger partial charge in [-0.05, 0) is 64.6 Å². The summed E-state index contributed by atoms with van der Waals surface area (Å²) in [5.74, 6) is 0. The fourth-order valence-electron chi connectivity index (χ4n) is 0.729. The minimum Gasteiger partial charge on any atom is -0.0958 e. The molecule has 0 bridgehead atoms. The van der Waals surface area contributed by atoms with E-state index < -0.39 is 0 Å². The Morgan fingerprint density at radius 1 is 1.33 bits per heavy atom. The van der Waals surface area contributed by atoms with E-state index in [1.54, 1.807) is 0 Å². The van der Waals surface area contributed by atoms with Gasteiger partial charge in [-0.15, -0.1) is 0 Å². The van der Waals surface area contributed by atoms with Crippen molar-refractivity contribution in [2.75, 3.05) is 0 Å². The molecular formula is C10H14Br2. The fourth-order valence-corrected chi connectivity index (χ4v) is 1.38. The smallest absolute Gasteiger partial charge is 0.0606 e. The van der Waals surface area contributed by atoms with Crippen molar-refractivity contribution >= 4 is 31.9 Å². The maximum absolute atomic E-state index is 3.94. The first kappa shape index (κ1) is 12.2. The van der Waals surface area contributed by atoms with E-state index in [9.17, 15) is 0 Å². The van der Waals surface area contributed by atoms with Crippen LogP contribution < -0.4 is 0 Å². The van der Waals surface area contributed by atoms with Crippen LogP contribution in [0.15, 0.2) is 33.3 Å². The summed E-state index contributed by atoms with van der Waals surface area (Å²) >= 11 is 6.60. The minimum atomic E-state index is 0.957. The molecule has 0 aromatic heterocycles. The summed E-state index contributed by atoms with van der Waals surface area (Å²) in [6.45, 7) is 8.14. The van der Waals surface area contributed by atoms with Crippen molar-refractivity contribution < 1.29 is 0 Å². The molecule has 0 unspecified atom stereocenters. The molecule has 0 N–H and O–H groups in total. The molecule has 0 aliphatic carbocycles. The van der Waals surface area contributed by atoms with E-state index >= 15 is 0 Å². The van der Waals surface area contributed by atoms with E-state index in [0.717, 1.165) is 21.8 Å². The van der Waals surface area contributed by atoms with E-state index in [-0.39, 0.29) is 0 Å². The predicted molar refractivity (Wildman–Crippen MR) is 63.7 cm³/mol. The van der Waals surface area contributed by atoms with Crippen LogP contribution in [0.25, 0.3) is 0 Å². The summed E-state index contributed by atoms with van der Waals surface area (Å²) in [6, 6.07) is 0. The Hall–Kier alpha value is 0.180. The lowest BCUT2D eigenvalue weighted by Gasteiger charge is -2.00. The molecule has 0 nitrogen and oxygen atoms in total. The molecule has 0 spiro atoms. The molecule has 0 saturated carbocycles. The molecule has 0 aliphatic rings. The molecule has 12 heavy (non-hydrogen) atoms. The van der Waals surface area contributed by atoms with Crippen molar-refractivity contribution in [3.05, 3.63) is 33.3 Å².